The zero-order valence-electron chi connectivity index (χ0n) is 18.9. The van der Waals surface area contributed by atoms with Gasteiger partial charge in [0.1, 0.15) is 12.3 Å². The van der Waals surface area contributed by atoms with Crippen molar-refractivity contribution in [3.8, 4) is 5.75 Å². The van der Waals surface area contributed by atoms with Crippen LogP contribution in [-0.4, -0.2) is 28.4 Å². The molecule has 1 amide bonds. The first-order valence-corrected chi connectivity index (χ1v) is 10.9. The van der Waals surface area contributed by atoms with Crippen molar-refractivity contribution in [1.29, 1.82) is 0 Å². The van der Waals surface area contributed by atoms with Crippen molar-refractivity contribution in [2.24, 2.45) is 0 Å². The molecule has 0 aliphatic rings. The van der Waals surface area contributed by atoms with Crippen molar-refractivity contribution < 1.29 is 14.3 Å². The van der Waals surface area contributed by atoms with Crippen molar-refractivity contribution in [3.05, 3.63) is 98.6 Å². The summed E-state index contributed by atoms with van der Waals surface area (Å²) in [4.78, 5) is 43.3. The highest BCUT2D eigenvalue weighted by Gasteiger charge is 2.19. The van der Waals surface area contributed by atoms with E-state index in [1.54, 1.807) is 41.0 Å². The second-order valence-electron chi connectivity index (χ2n) is 7.91. The van der Waals surface area contributed by atoms with Gasteiger partial charge in [-0.05, 0) is 67.4 Å². The van der Waals surface area contributed by atoms with E-state index in [9.17, 15) is 14.4 Å². The molecule has 2 heterocycles. The van der Waals surface area contributed by atoms with Gasteiger partial charge < -0.3 is 14.6 Å². The van der Waals surface area contributed by atoms with Gasteiger partial charge in [0.25, 0.3) is 0 Å². The fourth-order valence-electron chi connectivity index (χ4n) is 3.72. The first-order chi connectivity index (χ1) is 16.3. The van der Waals surface area contributed by atoms with Gasteiger partial charge >= 0.3 is 0 Å². The predicted molar refractivity (Wildman–Crippen MR) is 132 cm³/mol. The Kier molecular flexibility index (Phi) is 6.47. The first-order valence-electron chi connectivity index (χ1n) is 10.5. The largest absolute Gasteiger partial charge is 0.495 e. The van der Waals surface area contributed by atoms with Crippen LogP contribution in [0.2, 0.25) is 5.02 Å². The average Bonchev–Trinajstić information content (AvgIpc) is 2.82. The maximum Gasteiger partial charge on any atom is 0.244 e. The second kappa shape index (κ2) is 9.49. The summed E-state index contributed by atoms with van der Waals surface area (Å²) in [6.45, 7) is 3.69. The van der Waals surface area contributed by atoms with E-state index < -0.39 is 5.78 Å². The number of pyridine rings is 2. The van der Waals surface area contributed by atoms with E-state index in [4.69, 9.17) is 16.3 Å². The molecule has 8 heteroatoms. The molecular weight excluding hydrogens is 454 g/mol. The molecule has 0 fully saturated rings. The molecule has 0 spiro atoms. The average molecular weight is 476 g/mol. The lowest BCUT2D eigenvalue weighted by atomic mass is 10.0. The minimum Gasteiger partial charge on any atom is -0.495 e. The molecule has 2 aromatic carbocycles. The molecule has 1 N–H and O–H groups in total. The summed E-state index contributed by atoms with van der Waals surface area (Å²) in [5.74, 6) is -0.341. The molecule has 2 aromatic heterocycles. The third-order valence-corrected chi connectivity index (χ3v) is 5.87. The van der Waals surface area contributed by atoms with Gasteiger partial charge in [0.05, 0.1) is 23.9 Å². The van der Waals surface area contributed by atoms with Gasteiger partial charge in [0.15, 0.2) is 5.78 Å². The van der Waals surface area contributed by atoms with Crippen molar-refractivity contribution in [3.63, 3.8) is 0 Å². The highest BCUT2D eigenvalue weighted by molar-refractivity contribution is 6.31. The number of nitrogens with one attached hydrogen (secondary N) is 1. The summed E-state index contributed by atoms with van der Waals surface area (Å²) in [7, 11) is 1.50. The van der Waals surface area contributed by atoms with Crippen LogP contribution in [0.3, 0.4) is 0 Å². The van der Waals surface area contributed by atoms with Crippen LogP contribution in [0.4, 0.5) is 5.69 Å². The number of halogens is 1. The number of rotatable bonds is 6. The minimum atomic E-state index is -0.432. The Morgan fingerprint density at radius 1 is 1.06 bits per heavy atom. The smallest absolute Gasteiger partial charge is 0.244 e. The van der Waals surface area contributed by atoms with Crippen molar-refractivity contribution >= 4 is 39.9 Å². The molecule has 0 aliphatic heterocycles. The third kappa shape index (κ3) is 4.56. The lowest BCUT2D eigenvalue weighted by molar-refractivity contribution is -0.116. The normalized spacial score (nSPS) is 10.8. The summed E-state index contributed by atoms with van der Waals surface area (Å²) in [5, 5.41) is 3.61. The molecule has 4 rings (SSSR count). The van der Waals surface area contributed by atoms with E-state index in [0.717, 1.165) is 11.1 Å². The standard InChI is InChI=1S/C26H22ClN3O4/c1-15-10-19-22(11-16(15)2)30(13-20(26(19)33)25(32)17-6-8-28-9-7-17)14-24(31)29-21-12-18(27)4-5-23(21)34-3/h4-13H,14H2,1-3H3,(H,29,31). The molecule has 0 bridgehead atoms. The number of ketones is 1. The van der Waals surface area contributed by atoms with E-state index in [2.05, 4.69) is 10.3 Å². The second-order valence-corrected chi connectivity index (χ2v) is 8.35. The van der Waals surface area contributed by atoms with E-state index in [1.807, 2.05) is 19.9 Å². The molecule has 0 radical (unpaired) electrons. The van der Waals surface area contributed by atoms with Gasteiger partial charge in [-0.1, -0.05) is 11.6 Å². The Morgan fingerprint density at radius 2 is 1.76 bits per heavy atom. The SMILES string of the molecule is COc1ccc(Cl)cc1NC(=O)Cn1cc(C(=O)c2ccncc2)c(=O)c2cc(C)c(C)cc21. The number of methoxy groups -OCH3 is 1. The number of carbonyl (C=O) groups excluding carboxylic acids is 2. The Labute approximate surface area is 201 Å². The number of nitrogens with zero attached hydrogens (tertiary/aromatic N) is 2. The lowest BCUT2D eigenvalue weighted by Crippen LogP contribution is -2.24. The molecule has 4 aromatic rings. The van der Waals surface area contributed by atoms with Crippen LogP contribution in [-0.2, 0) is 11.3 Å². The van der Waals surface area contributed by atoms with Crippen LogP contribution in [0.5, 0.6) is 5.75 Å². The van der Waals surface area contributed by atoms with Crippen molar-refractivity contribution in [2.45, 2.75) is 20.4 Å². The Balaban J connectivity index is 1.80. The van der Waals surface area contributed by atoms with Gasteiger partial charge in [-0.25, -0.2) is 0 Å². The Bertz CT molecular complexity index is 1480. The van der Waals surface area contributed by atoms with Crippen LogP contribution >= 0.6 is 11.6 Å². The number of aryl methyl sites for hydroxylation is 2. The maximum atomic E-state index is 13.3. The molecule has 0 saturated heterocycles. The number of ether oxygens (including phenoxy) is 1. The third-order valence-electron chi connectivity index (χ3n) is 5.63. The van der Waals surface area contributed by atoms with Crippen LogP contribution in [0, 0.1) is 13.8 Å². The fraction of sp³-hybridized carbons (Fsp3) is 0.154. The molecule has 0 atom stereocenters. The van der Waals surface area contributed by atoms with Gasteiger partial charge in [-0.3, -0.25) is 19.4 Å². The number of aromatic nitrogens is 2. The van der Waals surface area contributed by atoms with Crippen LogP contribution in [0.25, 0.3) is 10.9 Å². The molecular formula is C26H22ClN3O4. The summed E-state index contributed by atoms with van der Waals surface area (Å²) < 4.78 is 6.91. The first kappa shape index (κ1) is 23.2. The highest BCUT2D eigenvalue weighted by atomic mass is 35.5. The van der Waals surface area contributed by atoms with Crippen LogP contribution in [0.1, 0.15) is 27.0 Å². The quantitative estimate of drug-likeness (QED) is 0.413. The highest BCUT2D eigenvalue weighted by Crippen LogP contribution is 2.28. The number of hydrogen-bond donors (Lipinski definition) is 1. The molecule has 0 aliphatic carbocycles. The lowest BCUT2D eigenvalue weighted by Gasteiger charge is -2.16. The summed E-state index contributed by atoms with van der Waals surface area (Å²) in [6, 6.07) is 11.6. The molecule has 7 nitrogen and oxygen atoms in total. The van der Waals surface area contributed by atoms with E-state index in [-0.39, 0.29) is 23.4 Å². The topological polar surface area (TPSA) is 90.3 Å². The van der Waals surface area contributed by atoms with Crippen molar-refractivity contribution in [1.82, 2.24) is 9.55 Å². The van der Waals surface area contributed by atoms with E-state index >= 15 is 0 Å². The van der Waals surface area contributed by atoms with E-state index in [1.165, 1.54) is 25.7 Å². The zero-order chi connectivity index (χ0) is 24.4. The summed E-state index contributed by atoms with van der Waals surface area (Å²) in [5.41, 5.74) is 2.81. The summed E-state index contributed by atoms with van der Waals surface area (Å²) in [6.07, 6.45) is 4.43. The molecule has 0 unspecified atom stereocenters. The minimum absolute atomic E-state index is 0.0184. The number of benzene rings is 2. The Morgan fingerprint density at radius 3 is 2.47 bits per heavy atom. The fourth-order valence-corrected chi connectivity index (χ4v) is 3.90. The van der Waals surface area contributed by atoms with Gasteiger partial charge in [0, 0.05) is 34.6 Å². The van der Waals surface area contributed by atoms with Crippen molar-refractivity contribution in [2.75, 3.05) is 12.4 Å². The number of hydrogen-bond acceptors (Lipinski definition) is 5. The number of carbonyl (C=O) groups is 2. The van der Waals surface area contributed by atoms with Gasteiger partial charge in [-0.15, -0.1) is 0 Å². The van der Waals surface area contributed by atoms with E-state index in [0.29, 0.717) is 32.9 Å². The van der Waals surface area contributed by atoms with Crippen LogP contribution < -0.4 is 15.5 Å². The molecule has 172 valence electrons. The number of anilines is 1. The monoisotopic (exact) mass is 475 g/mol. The number of fused-ring (bicyclic) bond motifs is 1. The van der Waals surface area contributed by atoms with Gasteiger partial charge in [0.2, 0.25) is 11.3 Å². The van der Waals surface area contributed by atoms with Gasteiger partial charge in [-0.2, -0.15) is 0 Å². The van der Waals surface area contributed by atoms with Crippen LogP contribution in [0.15, 0.2) is 65.8 Å². The summed E-state index contributed by atoms with van der Waals surface area (Å²) >= 11 is 6.07. The Hall–Kier alpha value is -3.97. The molecule has 34 heavy (non-hydrogen) atoms. The molecule has 0 saturated carbocycles. The number of amides is 1. The zero-order valence-corrected chi connectivity index (χ0v) is 19.6. The predicted octanol–water partition coefficient (Wildman–Crippen LogP) is 4.55. The maximum absolute atomic E-state index is 13.3.